The van der Waals surface area contributed by atoms with Gasteiger partial charge in [0.05, 0.1) is 18.5 Å². The van der Waals surface area contributed by atoms with E-state index in [1.807, 2.05) is 19.1 Å². The van der Waals surface area contributed by atoms with E-state index >= 15 is 0 Å². The summed E-state index contributed by atoms with van der Waals surface area (Å²) in [6, 6.07) is 9.26. The van der Waals surface area contributed by atoms with Gasteiger partial charge in [0, 0.05) is 13.5 Å². The van der Waals surface area contributed by atoms with Gasteiger partial charge in [0.2, 0.25) is 11.8 Å². The first kappa shape index (κ1) is 17.2. The Balaban J connectivity index is 1.79. The van der Waals surface area contributed by atoms with Crippen LogP contribution in [0.15, 0.2) is 40.8 Å². The highest BCUT2D eigenvalue weighted by molar-refractivity contribution is 5.84. The van der Waals surface area contributed by atoms with Crippen molar-refractivity contribution in [3.05, 3.63) is 59.3 Å². The average molecular weight is 344 g/mol. The van der Waals surface area contributed by atoms with E-state index in [4.69, 9.17) is 4.42 Å². The summed E-state index contributed by atoms with van der Waals surface area (Å²) in [5, 5.41) is 2.87. The quantitative estimate of drug-likeness (QED) is 0.927. The van der Waals surface area contributed by atoms with Gasteiger partial charge in [0.1, 0.15) is 17.3 Å². The molecule has 1 aliphatic heterocycles. The number of likely N-dealkylation sites (tertiary alicyclic amines) is 1. The number of rotatable bonds is 4. The van der Waals surface area contributed by atoms with Crippen LogP contribution in [0.4, 0.5) is 4.39 Å². The van der Waals surface area contributed by atoms with Gasteiger partial charge in [-0.25, -0.2) is 4.39 Å². The molecule has 0 aliphatic carbocycles. The van der Waals surface area contributed by atoms with Gasteiger partial charge >= 0.3 is 0 Å². The molecule has 2 amide bonds. The normalized spacial score (nSPS) is 20.6. The highest BCUT2D eigenvalue weighted by Crippen LogP contribution is 2.36. The molecule has 5 nitrogen and oxygen atoms in total. The fourth-order valence-electron chi connectivity index (χ4n) is 3.34. The lowest BCUT2D eigenvalue weighted by atomic mass is 9.84. The van der Waals surface area contributed by atoms with Crippen molar-refractivity contribution >= 4 is 11.8 Å². The van der Waals surface area contributed by atoms with Crippen LogP contribution in [0, 0.1) is 18.7 Å². The molecule has 0 unspecified atom stereocenters. The van der Waals surface area contributed by atoms with Gasteiger partial charge in [-0.3, -0.25) is 9.59 Å². The molecule has 1 saturated heterocycles. The van der Waals surface area contributed by atoms with E-state index in [9.17, 15) is 14.0 Å². The topological polar surface area (TPSA) is 62.6 Å². The summed E-state index contributed by atoms with van der Waals surface area (Å²) in [5.74, 6) is 0.440. The third kappa shape index (κ3) is 3.73. The third-order valence-electron chi connectivity index (χ3n) is 4.62. The van der Waals surface area contributed by atoms with Crippen molar-refractivity contribution in [3.8, 4) is 0 Å². The molecule has 0 bridgehead atoms. The fourth-order valence-corrected chi connectivity index (χ4v) is 3.34. The van der Waals surface area contributed by atoms with Gasteiger partial charge in [0.15, 0.2) is 0 Å². The second kappa shape index (κ2) is 7.09. The summed E-state index contributed by atoms with van der Waals surface area (Å²) in [5.41, 5.74) is 0.629. The first-order valence-electron chi connectivity index (χ1n) is 8.30. The largest absolute Gasteiger partial charge is 0.465 e. The van der Waals surface area contributed by atoms with E-state index in [1.54, 1.807) is 24.1 Å². The Bertz CT molecular complexity index is 786. The molecular weight excluding hydrogens is 323 g/mol. The lowest BCUT2D eigenvalue weighted by Crippen LogP contribution is -2.46. The smallest absolute Gasteiger partial charge is 0.225 e. The van der Waals surface area contributed by atoms with Crippen molar-refractivity contribution < 1.29 is 18.4 Å². The van der Waals surface area contributed by atoms with E-state index in [0.717, 1.165) is 5.76 Å². The molecule has 1 aromatic carbocycles. The number of carbonyl (C=O) groups excluding carboxylic acids is 2. The highest BCUT2D eigenvalue weighted by atomic mass is 19.1. The average Bonchev–Trinajstić information content (AvgIpc) is 3.00. The second-order valence-electron chi connectivity index (χ2n) is 6.38. The zero-order chi connectivity index (χ0) is 18.0. The van der Waals surface area contributed by atoms with Crippen molar-refractivity contribution in [3.63, 3.8) is 0 Å². The Kier molecular flexibility index (Phi) is 4.88. The van der Waals surface area contributed by atoms with Crippen LogP contribution in [-0.4, -0.2) is 23.8 Å². The van der Waals surface area contributed by atoms with Crippen LogP contribution in [0.25, 0.3) is 0 Å². The Morgan fingerprint density at radius 1 is 1.36 bits per heavy atom. The zero-order valence-electron chi connectivity index (χ0n) is 14.3. The summed E-state index contributed by atoms with van der Waals surface area (Å²) >= 11 is 0. The number of nitrogens with one attached hydrogen (secondary N) is 1. The molecule has 0 radical (unpaired) electrons. The summed E-state index contributed by atoms with van der Waals surface area (Å²) < 4.78 is 19.1. The van der Waals surface area contributed by atoms with Crippen LogP contribution >= 0.6 is 0 Å². The third-order valence-corrected chi connectivity index (χ3v) is 4.62. The van der Waals surface area contributed by atoms with Crippen molar-refractivity contribution in [2.24, 2.45) is 5.92 Å². The minimum Gasteiger partial charge on any atom is -0.465 e. The first-order valence-corrected chi connectivity index (χ1v) is 8.30. The standard InChI is InChI=1S/C19H21FN2O3/c1-12-6-7-15(25-12)11-21-19(24)16-8-9-17(23)22(2)18(16)13-4-3-5-14(20)10-13/h3-7,10,16,18H,8-9,11H2,1-2H3,(H,21,24)/t16-,18+/m1/s1. The lowest BCUT2D eigenvalue weighted by molar-refractivity contribution is -0.141. The zero-order valence-corrected chi connectivity index (χ0v) is 14.3. The summed E-state index contributed by atoms with van der Waals surface area (Å²) in [4.78, 5) is 26.4. The first-order chi connectivity index (χ1) is 12.0. The molecule has 1 fully saturated rings. The lowest BCUT2D eigenvalue weighted by Gasteiger charge is -2.38. The SMILES string of the molecule is Cc1ccc(CNC(=O)[C@@H]2CCC(=O)N(C)[C@H]2c2cccc(F)c2)o1. The van der Waals surface area contributed by atoms with Crippen molar-refractivity contribution in [2.45, 2.75) is 32.4 Å². The van der Waals surface area contributed by atoms with Gasteiger partial charge in [0.25, 0.3) is 0 Å². The van der Waals surface area contributed by atoms with Gasteiger partial charge in [-0.1, -0.05) is 12.1 Å². The second-order valence-corrected chi connectivity index (χ2v) is 6.38. The molecule has 2 atom stereocenters. The molecule has 2 aromatic rings. The van der Waals surface area contributed by atoms with Crippen LogP contribution in [0.3, 0.4) is 0 Å². The molecule has 0 saturated carbocycles. The number of halogens is 1. The monoisotopic (exact) mass is 344 g/mol. The number of benzene rings is 1. The number of piperidine rings is 1. The molecule has 132 valence electrons. The number of amides is 2. The van der Waals surface area contributed by atoms with Gasteiger partial charge in [-0.2, -0.15) is 0 Å². The molecule has 1 N–H and O–H groups in total. The molecule has 0 spiro atoms. The van der Waals surface area contributed by atoms with E-state index < -0.39 is 12.0 Å². The summed E-state index contributed by atoms with van der Waals surface area (Å²) in [6.45, 7) is 2.13. The van der Waals surface area contributed by atoms with Crippen molar-refractivity contribution in [2.75, 3.05) is 7.05 Å². The maximum absolute atomic E-state index is 13.6. The number of furan rings is 1. The molecule has 25 heavy (non-hydrogen) atoms. The summed E-state index contributed by atoms with van der Waals surface area (Å²) in [6.07, 6.45) is 0.744. The predicted octanol–water partition coefficient (Wildman–Crippen LogP) is 2.95. The highest BCUT2D eigenvalue weighted by Gasteiger charge is 2.38. The van der Waals surface area contributed by atoms with Crippen LogP contribution in [-0.2, 0) is 16.1 Å². The Morgan fingerprint density at radius 3 is 2.84 bits per heavy atom. The van der Waals surface area contributed by atoms with Crippen LogP contribution in [0.2, 0.25) is 0 Å². The van der Waals surface area contributed by atoms with E-state index in [2.05, 4.69) is 5.32 Å². The number of hydrogen-bond acceptors (Lipinski definition) is 3. The van der Waals surface area contributed by atoms with Crippen molar-refractivity contribution in [1.29, 1.82) is 0 Å². The number of nitrogens with zero attached hydrogens (tertiary/aromatic N) is 1. The molecule has 1 aromatic heterocycles. The van der Waals surface area contributed by atoms with Crippen LogP contribution < -0.4 is 5.32 Å². The molecule has 2 heterocycles. The Hall–Kier alpha value is -2.63. The molecule has 1 aliphatic rings. The van der Waals surface area contributed by atoms with Gasteiger partial charge < -0.3 is 14.6 Å². The van der Waals surface area contributed by atoms with E-state index in [-0.39, 0.29) is 24.2 Å². The number of aryl methyl sites for hydroxylation is 1. The van der Waals surface area contributed by atoms with E-state index in [1.165, 1.54) is 12.1 Å². The van der Waals surface area contributed by atoms with E-state index in [0.29, 0.717) is 24.2 Å². The predicted molar refractivity (Wildman–Crippen MR) is 89.9 cm³/mol. The summed E-state index contributed by atoms with van der Waals surface area (Å²) in [7, 11) is 1.66. The minimum atomic E-state index is -0.477. The molecule has 6 heteroatoms. The van der Waals surface area contributed by atoms with Crippen LogP contribution in [0.5, 0.6) is 0 Å². The van der Waals surface area contributed by atoms with Gasteiger partial charge in [-0.05, 0) is 43.2 Å². The van der Waals surface area contributed by atoms with Gasteiger partial charge in [-0.15, -0.1) is 0 Å². The van der Waals surface area contributed by atoms with Crippen molar-refractivity contribution in [1.82, 2.24) is 10.2 Å². The minimum absolute atomic E-state index is 0.0417. The maximum atomic E-state index is 13.6. The molecule has 3 rings (SSSR count). The Labute approximate surface area is 145 Å². The number of hydrogen-bond donors (Lipinski definition) is 1. The Morgan fingerprint density at radius 2 is 2.16 bits per heavy atom. The molecular formula is C19H21FN2O3. The number of carbonyl (C=O) groups is 2. The van der Waals surface area contributed by atoms with Crippen LogP contribution in [0.1, 0.15) is 36.0 Å². The fraction of sp³-hybridized carbons (Fsp3) is 0.368. The maximum Gasteiger partial charge on any atom is 0.225 e.